The standard InChI is InChI=1S/C17H18ClNO5S/c18-15-5-1-2-6-16(15)24-11-17(20)19(10-14-4-3-8-23-14)13-7-9-25(21,22)12-13/h1-6,8,13H,7,9-12H2/t13-/m1/s1. The minimum atomic E-state index is -3.11. The van der Waals surface area contributed by atoms with Crippen molar-refractivity contribution in [3.8, 4) is 5.75 Å². The SMILES string of the molecule is O=C(COc1ccccc1Cl)N(Cc1ccco1)[C@@H]1CCS(=O)(=O)C1. The van der Waals surface area contributed by atoms with Gasteiger partial charge in [-0.2, -0.15) is 0 Å². The lowest BCUT2D eigenvalue weighted by molar-refractivity contribution is -0.136. The van der Waals surface area contributed by atoms with E-state index in [1.807, 2.05) is 0 Å². The van der Waals surface area contributed by atoms with Crippen molar-refractivity contribution in [2.45, 2.75) is 19.0 Å². The van der Waals surface area contributed by atoms with Crippen molar-refractivity contribution in [2.24, 2.45) is 0 Å². The number of halogens is 1. The lowest BCUT2D eigenvalue weighted by Gasteiger charge is -2.27. The van der Waals surface area contributed by atoms with E-state index in [2.05, 4.69) is 0 Å². The Morgan fingerprint density at radius 3 is 2.72 bits per heavy atom. The number of sulfone groups is 1. The van der Waals surface area contributed by atoms with Crippen LogP contribution in [0.15, 0.2) is 47.1 Å². The quantitative estimate of drug-likeness (QED) is 0.766. The van der Waals surface area contributed by atoms with E-state index in [1.165, 1.54) is 11.2 Å². The molecule has 1 fully saturated rings. The number of ether oxygens (including phenoxy) is 1. The van der Waals surface area contributed by atoms with Gasteiger partial charge in [0.25, 0.3) is 5.91 Å². The second-order valence-electron chi connectivity index (χ2n) is 5.88. The van der Waals surface area contributed by atoms with Gasteiger partial charge in [-0.1, -0.05) is 23.7 Å². The molecule has 0 bridgehead atoms. The smallest absolute Gasteiger partial charge is 0.261 e. The molecule has 0 unspecified atom stereocenters. The molecule has 6 nitrogen and oxygen atoms in total. The third kappa shape index (κ3) is 4.55. The summed E-state index contributed by atoms with van der Waals surface area (Å²) in [6, 6.07) is 9.97. The molecule has 0 spiro atoms. The summed E-state index contributed by atoms with van der Waals surface area (Å²) < 4.78 is 34.4. The van der Waals surface area contributed by atoms with Crippen LogP contribution in [0.5, 0.6) is 5.75 Å². The van der Waals surface area contributed by atoms with E-state index in [0.717, 1.165) is 0 Å². The van der Waals surface area contributed by atoms with Crippen LogP contribution in [-0.4, -0.2) is 43.4 Å². The van der Waals surface area contributed by atoms with Crippen LogP contribution in [0.1, 0.15) is 12.2 Å². The van der Waals surface area contributed by atoms with Crippen LogP contribution in [0.2, 0.25) is 5.02 Å². The van der Waals surface area contributed by atoms with Gasteiger partial charge in [0, 0.05) is 6.04 Å². The summed E-state index contributed by atoms with van der Waals surface area (Å²) in [5.74, 6) is 0.750. The van der Waals surface area contributed by atoms with E-state index in [0.29, 0.717) is 23.0 Å². The molecule has 8 heteroatoms. The van der Waals surface area contributed by atoms with E-state index in [1.54, 1.807) is 36.4 Å². The predicted molar refractivity (Wildman–Crippen MR) is 93.3 cm³/mol. The third-order valence-corrected chi connectivity index (χ3v) is 6.13. The molecule has 0 saturated carbocycles. The second-order valence-corrected chi connectivity index (χ2v) is 8.51. The normalized spacial score (nSPS) is 18.8. The van der Waals surface area contributed by atoms with Gasteiger partial charge in [0.15, 0.2) is 16.4 Å². The lowest BCUT2D eigenvalue weighted by Crippen LogP contribution is -2.43. The lowest BCUT2D eigenvalue weighted by atomic mass is 10.2. The molecular formula is C17H18ClNO5S. The van der Waals surface area contributed by atoms with Crippen LogP contribution in [0.3, 0.4) is 0 Å². The molecule has 2 aromatic rings. The number of furan rings is 1. The molecule has 134 valence electrons. The molecule has 1 amide bonds. The molecule has 1 aliphatic heterocycles. The predicted octanol–water partition coefficient (Wildman–Crippen LogP) is 2.53. The zero-order valence-corrected chi connectivity index (χ0v) is 15.0. The van der Waals surface area contributed by atoms with Gasteiger partial charge in [0.05, 0.1) is 29.3 Å². The summed E-state index contributed by atoms with van der Waals surface area (Å²) >= 11 is 6.02. The van der Waals surface area contributed by atoms with Crippen molar-refractivity contribution in [3.63, 3.8) is 0 Å². The van der Waals surface area contributed by atoms with Crippen LogP contribution in [0.4, 0.5) is 0 Å². The van der Waals surface area contributed by atoms with E-state index >= 15 is 0 Å². The highest BCUT2D eigenvalue weighted by atomic mass is 35.5. The van der Waals surface area contributed by atoms with E-state index in [-0.39, 0.29) is 36.6 Å². The molecular weight excluding hydrogens is 366 g/mol. The Morgan fingerprint density at radius 2 is 2.08 bits per heavy atom. The average molecular weight is 384 g/mol. The largest absolute Gasteiger partial charge is 0.482 e. The Labute approximate surface area is 151 Å². The van der Waals surface area contributed by atoms with Gasteiger partial charge in [-0.05, 0) is 30.7 Å². The van der Waals surface area contributed by atoms with E-state index in [4.69, 9.17) is 20.8 Å². The van der Waals surface area contributed by atoms with Crippen molar-refractivity contribution in [3.05, 3.63) is 53.4 Å². The number of amides is 1. The molecule has 1 atom stereocenters. The summed E-state index contributed by atoms with van der Waals surface area (Å²) in [5, 5.41) is 0.413. The van der Waals surface area contributed by atoms with Crippen molar-refractivity contribution in [2.75, 3.05) is 18.1 Å². The maximum absolute atomic E-state index is 12.7. The number of nitrogens with zero attached hydrogens (tertiary/aromatic N) is 1. The fourth-order valence-corrected chi connectivity index (χ4v) is 4.72. The van der Waals surface area contributed by atoms with E-state index in [9.17, 15) is 13.2 Å². The molecule has 0 N–H and O–H groups in total. The number of benzene rings is 1. The number of para-hydroxylation sites is 1. The fourth-order valence-electron chi connectivity index (χ4n) is 2.80. The first-order valence-corrected chi connectivity index (χ1v) is 10.0. The van der Waals surface area contributed by atoms with Crippen molar-refractivity contribution in [1.82, 2.24) is 4.90 Å². The highest BCUT2D eigenvalue weighted by Gasteiger charge is 2.35. The number of carbonyl (C=O) groups is 1. The zero-order chi connectivity index (χ0) is 17.9. The Bertz CT molecular complexity index is 834. The maximum atomic E-state index is 12.7. The Morgan fingerprint density at radius 1 is 1.28 bits per heavy atom. The molecule has 1 aromatic carbocycles. The zero-order valence-electron chi connectivity index (χ0n) is 13.4. The highest BCUT2D eigenvalue weighted by Crippen LogP contribution is 2.24. The van der Waals surface area contributed by atoms with Gasteiger partial charge in [0.1, 0.15) is 11.5 Å². The van der Waals surface area contributed by atoms with Gasteiger partial charge in [-0.25, -0.2) is 8.42 Å². The Hall–Kier alpha value is -1.99. The maximum Gasteiger partial charge on any atom is 0.261 e. The molecule has 3 rings (SSSR count). The molecule has 1 aliphatic rings. The van der Waals surface area contributed by atoms with Crippen molar-refractivity contribution >= 4 is 27.3 Å². The third-order valence-electron chi connectivity index (χ3n) is 4.06. The first kappa shape index (κ1) is 17.8. The van der Waals surface area contributed by atoms with E-state index < -0.39 is 9.84 Å². The Balaban J connectivity index is 1.71. The molecule has 25 heavy (non-hydrogen) atoms. The summed E-state index contributed by atoms with van der Waals surface area (Å²) in [6.07, 6.45) is 1.94. The first-order valence-electron chi connectivity index (χ1n) is 7.84. The topological polar surface area (TPSA) is 76.8 Å². The number of hydrogen-bond donors (Lipinski definition) is 0. The second kappa shape index (κ2) is 7.49. The summed E-state index contributed by atoms with van der Waals surface area (Å²) in [4.78, 5) is 14.2. The van der Waals surface area contributed by atoms with Crippen LogP contribution in [0.25, 0.3) is 0 Å². The van der Waals surface area contributed by atoms with Crippen LogP contribution < -0.4 is 4.74 Å². The Kier molecular flexibility index (Phi) is 5.34. The van der Waals surface area contributed by atoms with Crippen molar-refractivity contribution < 1.29 is 22.4 Å². The van der Waals surface area contributed by atoms with Crippen LogP contribution in [-0.2, 0) is 21.2 Å². The summed E-state index contributed by atoms with van der Waals surface area (Å²) in [5.41, 5.74) is 0. The van der Waals surface area contributed by atoms with Gasteiger partial charge < -0.3 is 14.1 Å². The molecule has 0 aliphatic carbocycles. The monoisotopic (exact) mass is 383 g/mol. The molecule has 1 aromatic heterocycles. The fraction of sp³-hybridized carbons (Fsp3) is 0.353. The van der Waals surface area contributed by atoms with Gasteiger partial charge >= 0.3 is 0 Å². The molecule has 0 radical (unpaired) electrons. The van der Waals surface area contributed by atoms with Crippen LogP contribution in [0, 0.1) is 0 Å². The van der Waals surface area contributed by atoms with Gasteiger partial charge in [-0.3, -0.25) is 4.79 Å². The highest BCUT2D eigenvalue weighted by molar-refractivity contribution is 7.91. The summed E-state index contributed by atoms with van der Waals surface area (Å²) in [6.45, 7) is -0.0150. The van der Waals surface area contributed by atoms with Crippen LogP contribution >= 0.6 is 11.6 Å². The molecule has 1 saturated heterocycles. The minimum Gasteiger partial charge on any atom is -0.482 e. The van der Waals surface area contributed by atoms with Gasteiger partial charge in [0.2, 0.25) is 0 Å². The van der Waals surface area contributed by atoms with Gasteiger partial charge in [-0.15, -0.1) is 0 Å². The van der Waals surface area contributed by atoms with Crippen molar-refractivity contribution in [1.29, 1.82) is 0 Å². The molecule has 2 heterocycles. The first-order chi connectivity index (χ1) is 11.9. The number of carbonyl (C=O) groups excluding carboxylic acids is 1. The number of hydrogen-bond acceptors (Lipinski definition) is 5. The minimum absolute atomic E-state index is 0.0362. The summed E-state index contributed by atoms with van der Waals surface area (Å²) in [7, 11) is -3.11. The average Bonchev–Trinajstić information content (AvgIpc) is 3.20. The number of rotatable bonds is 6.